The molecule has 0 aromatic heterocycles. The van der Waals surface area contributed by atoms with Gasteiger partial charge in [0.2, 0.25) is 0 Å². The zero-order valence-corrected chi connectivity index (χ0v) is 34.4. The maximum atomic E-state index is 13.9. The molecule has 22 heteroatoms. The molecule has 62 heavy (non-hydrogen) atoms. The minimum atomic E-state index is -5.00. The van der Waals surface area contributed by atoms with Crippen molar-refractivity contribution in [2.24, 2.45) is 20.5 Å². The molecular weight excluding hydrogens is 887 g/mol. The second-order valence-electron chi connectivity index (χ2n) is 13.5. The summed E-state index contributed by atoms with van der Waals surface area (Å²) in [7, 11) is -19.2. The summed E-state index contributed by atoms with van der Waals surface area (Å²) < 4.78 is 136. The smallest absolute Gasteiger partial charge is 0.339 e. The zero-order chi connectivity index (χ0) is 44.4. The highest BCUT2D eigenvalue weighted by molar-refractivity contribution is 7.87. The molecule has 18 nitrogen and oxygen atoms in total. The maximum Gasteiger partial charge on any atom is 0.339 e. The van der Waals surface area contributed by atoms with Crippen LogP contribution in [-0.4, -0.2) is 52.4 Å². The topological polar surface area (TPSA) is 302 Å². The lowest BCUT2D eigenvalue weighted by molar-refractivity contribution is 0.472. The Hall–Kier alpha value is -6.92. The Morgan fingerprint density at radius 1 is 0.468 bits per heavy atom. The zero-order valence-electron chi connectivity index (χ0n) is 31.1. The first kappa shape index (κ1) is 41.8. The molecule has 6 N–H and O–H groups in total. The van der Waals surface area contributed by atoms with Gasteiger partial charge in [0.05, 0.1) is 22.0 Å². The van der Waals surface area contributed by atoms with Crippen LogP contribution in [0, 0.1) is 0 Å². The summed E-state index contributed by atoms with van der Waals surface area (Å²) >= 11 is 0. The summed E-state index contributed by atoms with van der Waals surface area (Å²) in [5.41, 5.74) is 5.48. The number of hydrogen-bond donors (Lipinski definition) is 5. The van der Waals surface area contributed by atoms with Gasteiger partial charge in [-0.25, -0.2) is 0 Å². The lowest BCUT2D eigenvalue weighted by Gasteiger charge is -2.13. The summed E-state index contributed by atoms with van der Waals surface area (Å²) in [6, 6.07) is 28.4. The second-order valence-corrected chi connectivity index (χ2v) is 19.2. The Kier molecular flexibility index (Phi) is 10.3. The fourth-order valence-corrected chi connectivity index (χ4v) is 9.78. The van der Waals surface area contributed by atoms with Crippen molar-refractivity contribution in [1.29, 1.82) is 0 Å². The van der Waals surface area contributed by atoms with Crippen LogP contribution in [0.25, 0.3) is 43.1 Å². The van der Waals surface area contributed by atoms with E-state index in [0.717, 1.165) is 24.3 Å². The van der Waals surface area contributed by atoms with Crippen LogP contribution in [0.2, 0.25) is 0 Å². The van der Waals surface area contributed by atoms with Crippen molar-refractivity contribution in [3.8, 4) is 11.5 Å². The molecule has 8 rings (SSSR count). The number of hydrogen-bond acceptors (Lipinski definition) is 15. The molecular formula is C40H27N5O13S4. The molecule has 0 heterocycles. The van der Waals surface area contributed by atoms with Gasteiger partial charge in [-0.2, -0.15) is 38.8 Å². The number of anilines is 1. The van der Waals surface area contributed by atoms with Gasteiger partial charge >= 0.3 is 10.1 Å². The third kappa shape index (κ3) is 8.01. The van der Waals surface area contributed by atoms with E-state index < -0.39 is 66.6 Å². The predicted molar refractivity (Wildman–Crippen MR) is 227 cm³/mol. The number of benzene rings is 8. The molecule has 0 unspecified atom stereocenters. The van der Waals surface area contributed by atoms with Crippen molar-refractivity contribution < 1.29 is 56.6 Å². The SMILES string of the molecule is Nc1ccc2c(O)c(N=Nc3ccc(N=Nc4cc(OS(=O)(=O)c5cccc6c(S(=O)(=O)O)cccc56)c5ccccc5c4)c4ccc(S(=O)(=O)O)cc34)c(S(=O)(=O)O)cc2c1. The van der Waals surface area contributed by atoms with Crippen LogP contribution in [-0.2, 0) is 40.5 Å². The average molecular weight is 914 g/mol. The highest BCUT2D eigenvalue weighted by Gasteiger charge is 2.25. The summed E-state index contributed by atoms with van der Waals surface area (Å²) in [5.74, 6) is -0.842. The highest BCUT2D eigenvalue weighted by Crippen LogP contribution is 2.44. The first-order valence-corrected chi connectivity index (χ1v) is 23.3. The van der Waals surface area contributed by atoms with Crippen LogP contribution >= 0.6 is 0 Å². The van der Waals surface area contributed by atoms with Crippen molar-refractivity contribution in [3.05, 3.63) is 127 Å². The third-order valence-corrected chi connectivity index (χ3v) is 13.4. The van der Waals surface area contributed by atoms with Crippen LogP contribution in [0.15, 0.2) is 167 Å². The molecule has 0 fully saturated rings. The van der Waals surface area contributed by atoms with Crippen molar-refractivity contribution in [2.75, 3.05) is 5.73 Å². The van der Waals surface area contributed by atoms with Gasteiger partial charge in [0, 0.05) is 44.1 Å². The lowest BCUT2D eigenvalue weighted by Crippen LogP contribution is -2.11. The van der Waals surface area contributed by atoms with E-state index >= 15 is 0 Å². The molecule has 0 radical (unpaired) electrons. The summed E-state index contributed by atoms with van der Waals surface area (Å²) in [5, 5.41) is 28.9. The quantitative estimate of drug-likeness (QED) is 0.0370. The number of nitrogen functional groups attached to an aromatic ring is 1. The first-order chi connectivity index (χ1) is 29.2. The van der Waals surface area contributed by atoms with Gasteiger partial charge in [-0.05, 0) is 77.5 Å². The third-order valence-electron chi connectivity index (χ3n) is 9.52. The van der Waals surface area contributed by atoms with Crippen LogP contribution in [0.4, 0.5) is 28.4 Å². The molecule has 0 atom stereocenters. The van der Waals surface area contributed by atoms with Crippen LogP contribution in [0.5, 0.6) is 11.5 Å². The summed E-state index contributed by atoms with van der Waals surface area (Å²) in [6.07, 6.45) is 0. The number of rotatable bonds is 10. The van der Waals surface area contributed by atoms with Gasteiger partial charge in [0.25, 0.3) is 30.4 Å². The standard InChI is InChI=1S/C40H27N5O13S4/c41-24-11-13-28-23(17-24)19-38(61(53,54)55)39(40(28)46)45-44-34-16-15-33(29-14-12-26(21-32(29)34)59(47,48)49)43-42-25-18-22-5-1-2-6-27(22)35(20-25)58-62(56,57)37-10-4-7-30-31(37)8-3-9-36(30)60(50,51)52/h1-21,46H,41H2,(H,47,48,49)(H,50,51,52)(H,53,54,55). The molecule has 0 aliphatic rings. The van der Waals surface area contributed by atoms with E-state index in [1.54, 1.807) is 30.3 Å². The largest absolute Gasteiger partial charge is 0.505 e. The molecule has 0 aliphatic heterocycles. The van der Waals surface area contributed by atoms with Crippen LogP contribution in [0.1, 0.15) is 0 Å². The Balaban J connectivity index is 1.21. The number of azo groups is 2. The number of phenols is 1. The summed E-state index contributed by atoms with van der Waals surface area (Å²) in [6.45, 7) is 0. The van der Waals surface area contributed by atoms with Gasteiger partial charge in [-0.1, -0.05) is 54.6 Å². The van der Waals surface area contributed by atoms with Crippen molar-refractivity contribution in [1.82, 2.24) is 0 Å². The summed E-state index contributed by atoms with van der Waals surface area (Å²) in [4.78, 5) is -2.25. The Bertz CT molecular complexity index is 3750. The highest BCUT2D eigenvalue weighted by atomic mass is 32.2. The van der Waals surface area contributed by atoms with Crippen molar-refractivity contribution in [3.63, 3.8) is 0 Å². The molecule has 0 amide bonds. The first-order valence-electron chi connectivity index (χ1n) is 17.6. The Labute approximate surface area is 351 Å². The molecule has 0 spiro atoms. The van der Waals surface area contributed by atoms with Crippen molar-refractivity contribution in [2.45, 2.75) is 19.6 Å². The Morgan fingerprint density at radius 3 is 1.77 bits per heavy atom. The van der Waals surface area contributed by atoms with Crippen molar-refractivity contribution >= 4 is 112 Å². The van der Waals surface area contributed by atoms with E-state index in [1.807, 2.05) is 0 Å². The molecule has 8 aromatic carbocycles. The van der Waals surface area contributed by atoms with Crippen LogP contribution < -0.4 is 9.92 Å². The number of nitrogens with zero attached hydrogens (tertiary/aromatic N) is 4. The minimum absolute atomic E-state index is 0.00246. The maximum absolute atomic E-state index is 13.9. The normalized spacial score (nSPS) is 13.0. The van der Waals surface area contributed by atoms with E-state index in [-0.39, 0.29) is 65.7 Å². The molecule has 0 aliphatic carbocycles. The van der Waals surface area contributed by atoms with Gasteiger partial charge in [0.15, 0.2) is 11.5 Å². The number of phenolic OH excluding ortho intramolecular Hbond substituents is 1. The monoisotopic (exact) mass is 913 g/mol. The molecule has 0 saturated heterocycles. The second kappa shape index (κ2) is 15.2. The Morgan fingerprint density at radius 2 is 1.08 bits per heavy atom. The molecule has 0 saturated carbocycles. The van der Waals surface area contributed by atoms with E-state index in [9.17, 15) is 52.4 Å². The van der Waals surface area contributed by atoms with Gasteiger partial charge in [-0.15, -0.1) is 15.3 Å². The van der Waals surface area contributed by atoms with E-state index in [4.69, 9.17) is 9.92 Å². The van der Waals surface area contributed by atoms with Gasteiger partial charge in [0.1, 0.15) is 20.4 Å². The average Bonchev–Trinajstić information content (AvgIpc) is 3.20. The fraction of sp³-hybridized carbons (Fsp3) is 0. The minimum Gasteiger partial charge on any atom is -0.505 e. The number of aromatic hydroxyl groups is 1. The van der Waals surface area contributed by atoms with E-state index in [2.05, 4.69) is 20.5 Å². The van der Waals surface area contributed by atoms with E-state index in [1.165, 1.54) is 72.8 Å². The van der Waals surface area contributed by atoms with Gasteiger partial charge in [-0.3, -0.25) is 13.7 Å². The predicted octanol–water partition coefficient (Wildman–Crippen LogP) is 8.93. The number of nitrogens with two attached hydrogens (primary N) is 1. The molecule has 0 bridgehead atoms. The molecule has 314 valence electrons. The van der Waals surface area contributed by atoms with Gasteiger partial charge < -0.3 is 15.0 Å². The van der Waals surface area contributed by atoms with Crippen LogP contribution in [0.3, 0.4) is 0 Å². The lowest BCUT2D eigenvalue weighted by atomic mass is 10.1. The number of fused-ring (bicyclic) bond motifs is 4. The fourth-order valence-electron chi connectivity index (χ4n) is 6.76. The van der Waals surface area contributed by atoms with E-state index in [0.29, 0.717) is 10.8 Å². The molecule has 8 aromatic rings.